The molecular formula is C12H23NO2S. The first kappa shape index (κ1) is 13.8. The molecule has 0 aromatic carbocycles. The van der Waals surface area contributed by atoms with Crippen molar-refractivity contribution in [2.75, 3.05) is 18.1 Å². The van der Waals surface area contributed by atoms with Crippen LogP contribution in [0.2, 0.25) is 0 Å². The summed E-state index contributed by atoms with van der Waals surface area (Å²) in [4.78, 5) is 11.7. The Morgan fingerprint density at radius 1 is 1.50 bits per heavy atom. The molecule has 0 heterocycles. The zero-order valence-electron chi connectivity index (χ0n) is 10.3. The molecule has 0 radical (unpaired) electrons. The van der Waals surface area contributed by atoms with Crippen LogP contribution in [0.25, 0.3) is 0 Å². The second kappa shape index (κ2) is 7.96. The van der Waals surface area contributed by atoms with Crippen molar-refractivity contribution in [3.05, 3.63) is 0 Å². The van der Waals surface area contributed by atoms with Gasteiger partial charge >= 0.3 is 5.97 Å². The number of hydrogen-bond donors (Lipinski definition) is 1. The standard InChI is InChI=1S/C12H23NO2S/c1-3-5-8-16-9-11(12(14)15-4-2)13-10-6-7-10/h10-11,13H,3-9H2,1-2H3. The van der Waals surface area contributed by atoms with E-state index < -0.39 is 0 Å². The van der Waals surface area contributed by atoms with Gasteiger partial charge in [0.05, 0.1) is 6.61 Å². The number of nitrogens with one attached hydrogen (secondary N) is 1. The largest absolute Gasteiger partial charge is 0.465 e. The van der Waals surface area contributed by atoms with Gasteiger partial charge in [-0.15, -0.1) is 0 Å². The third-order valence-corrected chi connectivity index (χ3v) is 3.66. The van der Waals surface area contributed by atoms with E-state index in [1.165, 1.54) is 25.7 Å². The fourth-order valence-electron chi connectivity index (χ4n) is 1.41. The van der Waals surface area contributed by atoms with Crippen molar-refractivity contribution < 1.29 is 9.53 Å². The number of carbonyl (C=O) groups is 1. The minimum atomic E-state index is -0.102. The molecule has 0 spiro atoms. The van der Waals surface area contributed by atoms with Gasteiger partial charge in [0.25, 0.3) is 0 Å². The highest BCUT2D eigenvalue weighted by Crippen LogP contribution is 2.20. The van der Waals surface area contributed by atoms with Crippen molar-refractivity contribution in [2.24, 2.45) is 0 Å². The Labute approximate surface area is 103 Å². The summed E-state index contributed by atoms with van der Waals surface area (Å²) in [6, 6.07) is 0.454. The van der Waals surface area contributed by atoms with Crippen LogP contribution in [0.3, 0.4) is 0 Å². The molecule has 1 atom stereocenters. The average molecular weight is 245 g/mol. The fourth-order valence-corrected chi connectivity index (χ4v) is 2.54. The van der Waals surface area contributed by atoms with Gasteiger partial charge in [0.15, 0.2) is 0 Å². The molecule has 3 nitrogen and oxygen atoms in total. The van der Waals surface area contributed by atoms with Gasteiger partial charge in [-0.25, -0.2) is 0 Å². The predicted octanol–water partition coefficient (Wildman–Crippen LogP) is 2.20. The maximum Gasteiger partial charge on any atom is 0.323 e. The Hall–Kier alpha value is -0.220. The molecule has 1 rings (SSSR count). The fraction of sp³-hybridized carbons (Fsp3) is 0.917. The summed E-state index contributed by atoms with van der Waals surface area (Å²) >= 11 is 1.85. The van der Waals surface area contributed by atoms with E-state index in [2.05, 4.69) is 12.2 Å². The van der Waals surface area contributed by atoms with Gasteiger partial charge in [-0.1, -0.05) is 13.3 Å². The van der Waals surface area contributed by atoms with Gasteiger partial charge in [-0.05, 0) is 31.9 Å². The van der Waals surface area contributed by atoms with Crippen LogP contribution in [-0.4, -0.2) is 36.2 Å². The number of hydrogen-bond acceptors (Lipinski definition) is 4. The Bertz CT molecular complexity index is 207. The molecule has 1 aliphatic carbocycles. The number of esters is 1. The van der Waals surface area contributed by atoms with Gasteiger partial charge in [0.1, 0.15) is 6.04 Å². The molecule has 1 saturated carbocycles. The van der Waals surface area contributed by atoms with Crippen molar-refractivity contribution >= 4 is 17.7 Å². The van der Waals surface area contributed by atoms with E-state index in [9.17, 15) is 4.79 Å². The van der Waals surface area contributed by atoms with Gasteiger partial charge in [-0.3, -0.25) is 4.79 Å². The summed E-state index contributed by atoms with van der Waals surface area (Å²) in [5.74, 6) is 1.90. The first-order valence-electron chi connectivity index (χ1n) is 6.28. The molecule has 1 fully saturated rings. The van der Waals surface area contributed by atoms with E-state index in [0.717, 1.165) is 11.5 Å². The monoisotopic (exact) mass is 245 g/mol. The highest BCUT2D eigenvalue weighted by molar-refractivity contribution is 7.99. The van der Waals surface area contributed by atoms with Crippen LogP contribution >= 0.6 is 11.8 Å². The second-order valence-corrected chi connectivity index (χ2v) is 5.32. The quantitative estimate of drug-likeness (QED) is 0.499. The molecule has 4 heteroatoms. The molecule has 1 N–H and O–H groups in total. The molecule has 0 saturated heterocycles. The highest BCUT2D eigenvalue weighted by atomic mass is 32.2. The lowest BCUT2D eigenvalue weighted by molar-refractivity contribution is -0.145. The van der Waals surface area contributed by atoms with Gasteiger partial charge in [-0.2, -0.15) is 11.8 Å². The van der Waals surface area contributed by atoms with E-state index in [1.54, 1.807) is 0 Å². The molecule has 16 heavy (non-hydrogen) atoms. The van der Waals surface area contributed by atoms with Crippen LogP contribution in [-0.2, 0) is 9.53 Å². The van der Waals surface area contributed by atoms with Crippen molar-refractivity contribution in [1.29, 1.82) is 0 Å². The first-order chi connectivity index (χ1) is 7.77. The van der Waals surface area contributed by atoms with Crippen LogP contribution in [0, 0.1) is 0 Å². The lowest BCUT2D eigenvalue weighted by atomic mass is 10.3. The summed E-state index contributed by atoms with van der Waals surface area (Å²) in [6.45, 7) is 4.52. The topological polar surface area (TPSA) is 38.3 Å². The molecule has 0 aliphatic heterocycles. The number of rotatable bonds is 9. The highest BCUT2D eigenvalue weighted by Gasteiger charge is 2.28. The molecule has 0 aromatic heterocycles. The van der Waals surface area contributed by atoms with E-state index in [0.29, 0.717) is 12.6 Å². The zero-order chi connectivity index (χ0) is 11.8. The van der Waals surface area contributed by atoms with Crippen LogP contribution < -0.4 is 5.32 Å². The van der Waals surface area contributed by atoms with Gasteiger partial charge in [0.2, 0.25) is 0 Å². The number of ether oxygens (including phenoxy) is 1. The van der Waals surface area contributed by atoms with Crippen LogP contribution in [0.15, 0.2) is 0 Å². The van der Waals surface area contributed by atoms with Crippen molar-refractivity contribution in [3.8, 4) is 0 Å². The lowest BCUT2D eigenvalue weighted by Gasteiger charge is -2.16. The Morgan fingerprint density at radius 2 is 2.25 bits per heavy atom. The smallest absolute Gasteiger partial charge is 0.323 e. The summed E-state index contributed by atoms with van der Waals surface area (Å²) in [7, 11) is 0. The molecule has 0 aromatic rings. The molecule has 1 unspecified atom stereocenters. The van der Waals surface area contributed by atoms with Crippen molar-refractivity contribution in [2.45, 2.75) is 51.6 Å². The Morgan fingerprint density at radius 3 is 2.81 bits per heavy atom. The van der Waals surface area contributed by atoms with Gasteiger partial charge in [0, 0.05) is 11.8 Å². The minimum Gasteiger partial charge on any atom is -0.465 e. The number of thioether (sulfide) groups is 1. The van der Waals surface area contributed by atoms with E-state index in [4.69, 9.17) is 4.74 Å². The Balaban J connectivity index is 2.22. The lowest BCUT2D eigenvalue weighted by Crippen LogP contribution is -2.41. The van der Waals surface area contributed by atoms with Gasteiger partial charge < -0.3 is 10.1 Å². The predicted molar refractivity (Wildman–Crippen MR) is 68.8 cm³/mol. The number of carbonyl (C=O) groups excluding carboxylic acids is 1. The van der Waals surface area contributed by atoms with Crippen molar-refractivity contribution in [3.63, 3.8) is 0 Å². The van der Waals surface area contributed by atoms with Crippen LogP contribution in [0.4, 0.5) is 0 Å². The van der Waals surface area contributed by atoms with Crippen LogP contribution in [0.5, 0.6) is 0 Å². The normalized spacial score (nSPS) is 17.1. The van der Waals surface area contributed by atoms with E-state index in [-0.39, 0.29) is 12.0 Å². The third kappa shape index (κ3) is 5.75. The third-order valence-electron chi connectivity index (χ3n) is 2.51. The SMILES string of the molecule is CCCCSCC(NC1CC1)C(=O)OCC. The summed E-state index contributed by atoms with van der Waals surface area (Å²) in [5, 5.41) is 3.36. The molecule has 94 valence electrons. The summed E-state index contributed by atoms with van der Waals surface area (Å²) in [6.07, 6.45) is 4.85. The van der Waals surface area contributed by atoms with Crippen molar-refractivity contribution in [1.82, 2.24) is 5.32 Å². The molecule has 1 aliphatic rings. The second-order valence-electron chi connectivity index (χ2n) is 4.17. The first-order valence-corrected chi connectivity index (χ1v) is 7.43. The summed E-state index contributed by atoms with van der Waals surface area (Å²) < 4.78 is 5.07. The Kier molecular flexibility index (Phi) is 6.88. The van der Waals surface area contributed by atoms with E-state index >= 15 is 0 Å². The maximum atomic E-state index is 11.7. The van der Waals surface area contributed by atoms with E-state index in [1.807, 2.05) is 18.7 Å². The molecule has 0 bridgehead atoms. The average Bonchev–Trinajstić information content (AvgIpc) is 3.07. The molecule has 0 amide bonds. The molecular weight excluding hydrogens is 222 g/mol. The minimum absolute atomic E-state index is 0.0848. The number of unbranched alkanes of at least 4 members (excludes halogenated alkanes) is 1. The zero-order valence-corrected chi connectivity index (χ0v) is 11.1. The van der Waals surface area contributed by atoms with Crippen LogP contribution in [0.1, 0.15) is 39.5 Å². The maximum absolute atomic E-state index is 11.7. The summed E-state index contributed by atoms with van der Waals surface area (Å²) in [5.41, 5.74) is 0.